The van der Waals surface area contributed by atoms with Crippen molar-refractivity contribution in [2.45, 2.75) is 37.5 Å². The number of imidazole rings is 1. The maximum atomic E-state index is 15.1. The molecule has 1 aromatic carbocycles. The Balaban J connectivity index is 1.32. The van der Waals surface area contributed by atoms with E-state index in [0.717, 1.165) is 0 Å². The predicted molar refractivity (Wildman–Crippen MR) is 104 cm³/mol. The Morgan fingerprint density at radius 3 is 2.57 bits per heavy atom. The van der Waals surface area contributed by atoms with E-state index in [9.17, 15) is 14.0 Å². The zero-order chi connectivity index (χ0) is 21.0. The van der Waals surface area contributed by atoms with Gasteiger partial charge in [0, 0.05) is 19.9 Å². The van der Waals surface area contributed by atoms with Crippen LogP contribution >= 0.6 is 0 Å². The average Bonchev–Trinajstić information content (AvgIpc) is 3.25. The Morgan fingerprint density at radius 2 is 1.83 bits per heavy atom. The maximum Gasteiger partial charge on any atom is 0.279 e. The molecule has 3 heterocycles. The number of aromatic nitrogens is 4. The number of hydrogen-bond donors (Lipinski definition) is 0. The third-order valence-corrected chi connectivity index (χ3v) is 5.74. The molecule has 1 aliphatic heterocycles. The number of carbonyl (C=O) groups excluding carboxylic acids is 1. The number of halogens is 2. The number of aryl methyl sites for hydroxylation is 1. The molecule has 1 amide bonds. The first-order valence-electron chi connectivity index (χ1n) is 9.54. The van der Waals surface area contributed by atoms with Gasteiger partial charge in [-0.15, -0.1) is 0 Å². The summed E-state index contributed by atoms with van der Waals surface area (Å²) in [6, 6.07) is 4.96. The molecule has 1 aliphatic carbocycles. The number of alkyl halides is 1. The SMILES string of the molecule is Cn1cnc2ncn(CC3=NN(C4CC(F)(c5ccc(F)cc5)C4)C(=O)C3)c(=O)c21. The second-order valence-corrected chi connectivity index (χ2v) is 7.82. The molecule has 154 valence electrons. The number of fused-ring (bicyclic) bond motifs is 1. The van der Waals surface area contributed by atoms with Gasteiger partial charge < -0.3 is 4.57 Å². The Morgan fingerprint density at radius 1 is 1.13 bits per heavy atom. The maximum absolute atomic E-state index is 15.1. The Bertz CT molecular complexity index is 1240. The van der Waals surface area contributed by atoms with Crippen LogP contribution in [0.25, 0.3) is 11.2 Å². The van der Waals surface area contributed by atoms with Crippen molar-refractivity contribution in [1.29, 1.82) is 0 Å². The van der Waals surface area contributed by atoms with Crippen LogP contribution < -0.4 is 5.56 Å². The number of hydrogen-bond acceptors (Lipinski definition) is 5. The minimum atomic E-state index is -1.59. The minimum Gasteiger partial charge on any atom is -0.328 e. The van der Waals surface area contributed by atoms with Crippen molar-refractivity contribution in [3.05, 3.63) is 58.7 Å². The van der Waals surface area contributed by atoms with E-state index in [1.54, 1.807) is 11.6 Å². The molecule has 0 unspecified atom stereocenters. The van der Waals surface area contributed by atoms with Crippen LogP contribution in [0.3, 0.4) is 0 Å². The summed E-state index contributed by atoms with van der Waals surface area (Å²) in [5, 5.41) is 5.67. The highest BCUT2D eigenvalue weighted by Crippen LogP contribution is 2.48. The fourth-order valence-corrected chi connectivity index (χ4v) is 4.10. The summed E-state index contributed by atoms with van der Waals surface area (Å²) in [4.78, 5) is 33.3. The van der Waals surface area contributed by atoms with Crippen LogP contribution in [-0.2, 0) is 24.1 Å². The number of nitrogens with zero attached hydrogens (tertiary/aromatic N) is 6. The minimum absolute atomic E-state index is 0.0716. The highest BCUT2D eigenvalue weighted by Gasteiger charge is 2.51. The average molecular weight is 412 g/mol. The molecule has 0 bridgehead atoms. The number of benzene rings is 1. The van der Waals surface area contributed by atoms with Crippen LogP contribution in [0, 0.1) is 5.82 Å². The summed E-state index contributed by atoms with van der Waals surface area (Å²) < 4.78 is 31.2. The molecule has 5 rings (SSSR count). The number of carbonyl (C=O) groups is 1. The van der Waals surface area contributed by atoms with Gasteiger partial charge in [-0.3, -0.25) is 14.2 Å². The number of amides is 1. The molecular formula is C20H18F2N6O2. The van der Waals surface area contributed by atoms with E-state index in [0.29, 0.717) is 22.4 Å². The molecule has 0 radical (unpaired) electrons. The summed E-state index contributed by atoms with van der Waals surface area (Å²) in [5.74, 6) is -0.644. The molecule has 1 saturated carbocycles. The van der Waals surface area contributed by atoms with Crippen molar-refractivity contribution >= 4 is 22.8 Å². The highest BCUT2D eigenvalue weighted by molar-refractivity contribution is 6.05. The fourth-order valence-electron chi connectivity index (χ4n) is 4.10. The van der Waals surface area contributed by atoms with E-state index in [2.05, 4.69) is 15.1 Å². The van der Waals surface area contributed by atoms with Crippen molar-refractivity contribution in [2.24, 2.45) is 12.1 Å². The van der Waals surface area contributed by atoms with E-state index in [-0.39, 0.29) is 43.3 Å². The van der Waals surface area contributed by atoms with Gasteiger partial charge >= 0.3 is 0 Å². The molecule has 8 nitrogen and oxygen atoms in total. The lowest BCUT2D eigenvalue weighted by Gasteiger charge is -2.44. The lowest BCUT2D eigenvalue weighted by Crippen LogP contribution is -2.50. The zero-order valence-corrected chi connectivity index (χ0v) is 16.1. The topological polar surface area (TPSA) is 85.4 Å². The normalized spacial score (nSPS) is 23.7. The second kappa shape index (κ2) is 6.54. The van der Waals surface area contributed by atoms with Crippen LogP contribution in [-0.4, -0.2) is 41.8 Å². The lowest BCUT2D eigenvalue weighted by atomic mass is 9.72. The van der Waals surface area contributed by atoms with Gasteiger partial charge in [0.1, 0.15) is 17.8 Å². The van der Waals surface area contributed by atoms with E-state index in [1.807, 2.05) is 0 Å². The summed E-state index contributed by atoms with van der Waals surface area (Å²) in [5.41, 5.74) is -0.209. The first kappa shape index (κ1) is 18.6. The van der Waals surface area contributed by atoms with Crippen LogP contribution in [0.1, 0.15) is 24.8 Å². The lowest BCUT2D eigenvalue weighted by molar-refractivity contribution is -0.137. The van der Waals surface area contributed by atoms with Crippen LogP contribution in [0.5, 0.6) is 0 Å². The Kier molecular flexibility index (Phi) is 4.05. The van der Waals surface area contributed by atoms with Crippen molar-refractivity contribution < 1.29 is 13.6 Å². The van der Waals surface area contributed by atoms with Crippen molar-refractivity contribution in [1.82, 2.24) is 24.1 Å². The third-order valence-electron chi connectivity index (χ3n) is 5.74. The Hall–Kier alpha value is -3.43. The largest absolute Gasteiger partial charge is 0.328 e. The summed E-state index contributed by atoms with van der Waals surface area (Å²) in [7, 11) is 1.71. The fraction of sp³-hybridized carbons (Fsp3) is 0.350. The molecule has 10 heteroatoms. The van der Waals surface area contributed by atoms with Gasteiger partial charge in [0.25, 0.3) is 5.56 Å². The molecule has 2 aliphatic rings. The smallest absolute Gasteiger partial charge is 0.279 e. The van der Waals surface area contributed by atoms with E-state index in [1.165, 1.54) is 46.5 Å². The van der Waals surface area contributed by atoms with Gasteiger partial charge in [-0.05, 0) is 17.7 Å². The second-order valence-electron chi connectivity index (χ2n) is 7.82. The van der Waals surface area contributed by atoms with Crippen molar-refractivity contribution in [3.8, 4) is 0 Å². The van der Waals surface area contributed by atoms with Gasteiger partial charge in [-0.1, -0.05) is 12.1 Å². The van der Waals surface area contributed by atoms with Gasteiger partial charge in [-0.2, -0.15) is 5.10 Å². The molecule has 30 heavy (non-hydrogen) atoms. The summed E-state index contributed by atoms with van der Waals surface area (Å²) in [6.07, 6.45) is 3.18. The summed E-state index contributed by atoms with van der Waals surface area (Å²) in [6.45, 7) is 0.126. The van der Waals surface area contributed by atoms with Crippen LogP contribution in [0.15, 0.2) is 46.8 Å². The quantitative estimate of drug-likeness (QED) is 0.655. The van der Waals surface area contributed by atoms with Gasteiger partial charge in [-0.25, -0.2) is 23.8 Å². The predicted octanol–water partition coefficient (Wildman–Crippen LogP) is 1.88. The molecule has 0 atom stereocenters. The summed E-state index contributed by atoms with van der Waals surface area (Å²) >= 11 is 0. The Labute approximate surface area is 169 Å². The van der Waals surface area contributed by atoms with Crippen molar-refractivity contribution in [3.63, 3.8) is 0 Å². The molecule has 0 N–H and O–H groups in total. The number of hydrazone groups is 1. The molecule has 2 aromatic heterocycles. The first-order valence-corrected chi connectivity index (χ1v) is 9.54. The molecule has 0 saturated heterocycles. The highest BCUT2D eigenvalue weighted by atomic mass is 19.1. The van der Waals surface area contributed by atoms with Crippen LogP contribution in [0.2, 0.25) is 0 Å². The molecule has 0 spiro atoms. The van der Waals surface area contributed by atoms with Crippen LogP contribution in [0.4, 0.5) is 8.78 Å². The van der Waals surface area contributed by atoms with Gasteiger partial charge in [0.05, 0.1) is 31.0 Å². The molecule has 1 fully saturated rings. The van der Waals surface area contributed by atoms with E-state index in [4.69, 9.17) is 0 Å². The van der Waals surface area contributed by atoms with E-state index < -0.39 is 11.5 Å². The van der Waals surface area contributed by atoms with E-state index >= 15 is 4.39 Å². The van der Waals surface area contributed by atoms with Gasteiger partial charge in [0.2, 0.25) is 5.91 Å². The van der Waals surface area contributed by atoms with Crippen molar-refractivity contribution in [2.75, 3.05) is 0 Å². The third kappa shape index (κ3) is 2.90. The number of rotatable bonds is 4. The molecule has 3 aromatic rings. The zero-order valence-electron chi connectivity index (χ0n) is 16.1. The first-order chi connectivity index (χ1) is 14.3. The standard InChI is InChI=1S/C20H18F2N6O2/c1-26-10-23-18-17(26)19(30)27(11-24-18)9-14-6-16(29)28(25-14)15-7-20(22,8-15)12-2-4-13(21)5-3-12/h2-5,10-11,15H,6-9H2,1H3. The van der Waals surface area contributed by atoms with Gasteiger partial charge in [0.15, 0.2) is 11.2 Å². The molecular weight excluding hydrogens is 394 g/mol. The monoisotopic (exact) mass is 412 g/mol.